The van der Waals surface area contributed by atoms with Crippen LogP contribution in [0.15, 0.2) is 30.3 Å². The van der Waals surface area contributed by atoms with Crippen molar-refractivity contribution in [3.05, 3.63) is 46.5 Å². The first-order valence-corrected chi connectivity index (χ1v) is 8.43. The van der Waals surface area contributed by atoms with Gasteiger partial charge in [0, 0.05) is 26.2 Å². The number of nitrogens with one attached hydrogen (secondary N) is 1. The van der Waals surface area contributed by atoms with Gasteiger partial charge in [-0.1, -0.05) is 42.3 Å². The summed E-state index contributed by atoms with van der Waals surface area (Å²) in [5.41, 5.74) is 1.14. The molecule has 0 atom stereocenters. The van der Waals surface area contributed by atoms with Gasteiger partial charge in [-0.3, -0.25) is 14.9 Å². The molecule has 1 aliphatic rings. The molecule has 3 rings (SSSR count). The van der Waals surface area contributed by atoms with E-state index >= 15 is 0 Å². The Morgan fingerprint density at radius 1 is 1.12 bits per heavy atom. The summed E-state index contributed by atoms with van der Waals surface area (Å²) in [6.07, 6.45) is 9.34. The van der Waals surface area contributed by atoms with Gasteiger partial charge in [-0.15, -0.1) is 6.42 Å². The Bertz CT molecular complexity index is 776. The first-order valence-electron chi connectivity index (χ1n) is 8.03. The van der Waals surface area contributed by atoms with Gasteiger partial charge in [0.05, 0.1) is 13.2 Å². The molecule has 1 saturated heterocycles. The number of H-pyrrole nitrogens is 1. The van der Waals surface area contributed by atoms with Crippen LogP contribution >= 0.6 is 12.2 Å². The Kier molecular flexibility index (Phi) is 5.59. The Morgan fingerprint density at radius 2 is 1.83 bits per heavy atom. The van der Waals surface area contributed by atoms with E-state index in [4.69, 9.17) is 18.6 Å². The fourth-order valence-corrected chi connectivity index (χ4v) is 2.90. The van der Waals surface area contributed by atoms with Crippen molar-refractivity contribution in [2.75, 3.05) is 32.7 Å². The van der Waals surface area contributed by atoms with Crippen LogP contribution in [0.25, 0.3) is 12.2 Å². The Morgan fingerprint density at radius 3 is 2.54 bits per heavy atom. The first kappa shape index (κ1) is 16.7. The molecule has 24 heavy (non-hydrogen) atoms. The molecule has 0 saturated carbocycles. The zero-order valence-electron chi connectivity index (χ0n) is 13.6. The topological polar surface area (TPSA) is 40.1 Å². The maximum Gasteiger partial charge on any atom is 0.217 e. The van der Waals surface area contributed by atoms with Crippen LogP contribution in [-0.4, -0.2) is 57.3 Å². The van der Waals surface area contributed by atoms with E-state index in [0.717, 1.165) is 50.8 Å². The van der Waals surface area contributed by atoms with Crippen molar-refractivity contribution >= 4 is 24.4 Å². The van der Waals surface area contributed by atoms with Crippen LogP contribution in [0.4, 0.5) is 0 Å². The smallest absolute Gasteiger partial charge is 0.217 e. The van der Waals surface area contributed by atoms with E-state index in [1.807, 2.05) is 35.0 Å². The molecule has 0 radical (unpaired) electrons. The van der Waals surface area contributed by atoms with Crippen LogP contribution < -0.4 is 0 Å². The van der Waals surface area contributed by atoms with Gasteiger partial charge >= 0.3 is 0 Å². The standard InChI is InChI=1S/C18H21N5S/c1-2-10-21-11-13-22(14-12-21)15-23-18(24)19-17(20-23)9-8-16-6-4-3-5-7-16/h1,3-9H,10-15H2,(H,19,20,24)/b9-8+. The minimum atomic E-state index is 0.578. The van der Waals surface area contributed by atoms with Crippen LogP contribution in [0.1, 0.15) is 11.4 Å². The molecule has 1 aromatic heterocycles. The predicted molar refractivity (Wildman–Crippen MR) is 99.6 cm³/mol. The summed E-state index contributed by atoms with van der Waals surface area (Å²) in [5.74, 6) is 3.48. The van der Waals surface area contributed by atoms with Gasteiger partial charge in [0.2, 0.25) is 4.77 Å². The zero-order valence-corrected chi connectivity index (χ0v) is 14.4. The molecular weight excluding hydrogens is 318 g/mol. The van der Waals surface area contributed by atoms with Crippen molar-refractivity contribution in [2.24, 2.45) is 0 Å². The van der Waals surface area contributed by atoms with Crippen LogP contribution in [0.3, 0.4) is 0 Å². The molecule has 6 heteroatoms. The third kappa shape index (κ3) is 4.42. The minimum Gasteiger partial charge on any atom is -0.290 e. The van der Waals surface area contributed by atoms with Gasteiger partial charge in [-0.25, -0.2) is 4.68 Å². The molecule has 0 aliphatic carbocycles. The summed E-state index contributed by atoms with van der Waals surface area (Å²) in [7, 11) is 0. The predicted octanol–water partition coefficient (Wildman–Crippen LogP) is 2.32. The highest BCUT2D eigenvalue weighted by molar-refractivity contribution is 7.71. The lowest BCUT2D eigenvalue weighted by Gasteiger charge is -2.33. The van der Waals surface area contributed by atoms with Crippen LogP contribution in [-0.2, 0) is 6.67 Å². The highest BCUT2D eigenvalue weighted by Crippen LogP contribution is 2.07. The van der Waals surface area contributed by atoms with Crippen molar-refractivity contribution < 1.29 is 0 Å². The van der Waals surface area contributed by atoms with Crippen molar-refractivity contribution in [1.29, 1.82) is 0 Å². The van der Waals surface area contributed by atoms with Gasteiger partial charge in [0.15, 0.2) is 0 Å². The van der Waals surface area contributed by atoms with E-state index in [2.05, 4.69) is 37.9 Å². The quantitative estimate of drug-likeness (QED) is 0.670. The average molecular weight is 339 g/mol. The molecule has 1 aromatic carbocycles. The molecule has 0 amide bonds. The monoisotopic (exact) mass is 339 g/mol. The summed E-state index contributed by atoms with van der Waals surface area (Å²) in [6.45, 7) is 5.41. The third-order valence-corrected chi connectivity index (χ3v) is 4.36. The number of hydrogen-bond donors (Lipinski definition) is 1. The number of benzene rings is 1. The molecule has 1 fully saturated rings. The van der Waals surface area contributed by atoms with Crippen LogP contribution in [0, 0.1) is 17.1 Å². The second-order valence-electron chi connectivity index (χ2n) is 5.80. The average Bonchev–Trinajstić information content (AvgIpc) is 2.96. The van der Waals surface area contributed by atoms with Gasteiger partial charge in [0.1, 0.15) is 5.82 Å². The molecule has 0 spiro atoms. The Labute approximate surface area is 147 Å². The van der Waals surface area contributed by atoms with E-state index in [9.17, 15) is 0 Å². The van der Waals surface area contributed by atoms with Crippen LogP contribution in [0.5, 0.6) is 0 Å². The van der Waals surface area contributed by atoms with E-state index < -0.39 is 0 Å². The van der Waals surface area contributed by atoms with Gasteiger partial charge < -0.3 is 0 Å². The number of piperazine rings is 1. The summed E-state index contributed by atoms with van der Waals surface area (Å²) in [5, 5.41) is 3.26. The number of nitrogens with zero attached hydrogens (tertiary/aromatic N) is 4. The van der Waals surface area contributed by atoms with Gasteiger partial charge in [-0.2, -0.15) is 4.98 Å². The summed E-state index contributed by atoms with van der Waals surface area (Å²) in [4.78, 5) is 9.05. The van der Waals surface area contributed by atoms with E-state index in [0.29, 0.717) is 4.77 Å². The highest BCUT2D eigenvalue weighted by Gasteiger charge is 2.16. The van der Waals surface area contributed by atoms with Gasteiger partial charge in [0.25, 0.3) is 0 Å². The first-order chi connectivity index (χ1) is 11.7. The lowest BCUT2D eigenvalue weighted by Crippen LogP contribution is -2.46. The summed E-state index contributed by atoms with van der Waals surface area (Å²) < 4.78 is 2.49. The van der Waals surface area contributed by atoms with Crippen molar-refractivity contribution in [1.82, 2.24) is 24.6 Å². The number of hydrogen-bond acceptors (Lipinski definition) is 4. The fraction of sp³-hybridized carbons (Fsp3) is 0.333. The SMILES string of the molecule is C#CCN1CCN(Cn2[nH]c(/C=C/c3ccccc3)nc2=S)CC1. The maximum absolute atomic E-state index is 5.37. The second kappa shape index (κ2) is 8.06. The normalized spacial score (nSPS) is 16.5. The number of rotatable bonds is 5. The van der Waals surface area contributed by atoms with Gasteiger partial charge in [-0.05, 0) is 23.9 Å². The molecule has 2 heterocycles. The third-order valence-electron chi connectivity index (χ3n) is 4.05. The van der Waals surface area contributed by atoms with Crippen molar-refractivity contribution in [3.63, 3.8) is 0 Å². The molecule has 0 bridgehead atoms. The minimum absolute atomic E-state index is 0.578. The number of aromatic nitrogens is 3. The Hall–Kier alpha value is -2.20. The number of terminal acetylenes is 1. The molecular formula is C18H21N5S. The zero-order chi connectivity index (χ0) is 16.8. The van der Waals surface area contributed by atoms with E-state index in [1.165, 1.54) is 0 Å². The Balaban J connectivity index is 1.60. The second-order valence-corrected chi connectivity index (χ2v) is 6.17. The molecule has 5 nitrogen and oxygen atoms in total. The van der Waals surface area contributed by atoms with Crippen molar-refractivity contribution in [2.45, 2.75) is 6.67 Å². The van der Waals surface area contributed by atoms with Crippen LogP contribution in [0.2, 0.25) is 0 Å². The highest BCUT2D eigenvalue weighted by atomic mass is 32.1. The largest absolute Gasteiger partial charge is 0.290 e. The molecule has 124 valence electrons. The van der Waals surface area contributed by atoms with Crippen molar-refractivity contribution in [3.8, 4) is 12.3 Å². The molecule has 0 unspecified atom stereocenters. The summed E-state index contributed by atoms with van der Waals surface area (Å²) in [6, 6.07) is 10.1. The van der Waals surface area contributed by atoms with E-state index in [-0.39, 0.29) is 0 Å². The molecule has 2 aromatic rings. The summed E-state index contributed by atoms with van der Waals surface area (Å²) >= 11 is 5.36. The van der Waals surface area contributed by atoms with E-state index in [1.54, 1.807) is 0 Å². The maximum atomic E-state index is 5.37. The number of aromatic amines is 1. The lowest BCUT2D eigenvalue weighted by molar-refractivity contribution is 0.111. The molecule has 1 N–H and O–H groups in total. The lowest BCUT2D eigenvalue weighted by atomic mass is 10.2. The molecule has 1 aliphatic heterocycles. The fourth-order valence-electron chi connectivity index (χ4n) is 2.70.